The summed E-state index contributed by atoms with van der Waals surface area (Å²) in [6, 6.07) is 5.61. The molecule has 1 aliphatic carbocycles. The molecule has 1 aliphatic rings. The van der Waals surface area contributed by atoms with Gasteiger partial charge in [-0.3, -0.25) is 4.79 Å². The fraction of sp³-hybridized carbons (Fsp3) is 0.562. The lowest BCUT2D eigenvalue weighted by atomic mass is 9.83. The Labute approximate surface area is 140 Å². The van der Waals surface area contributed by atoms with E-state index in [0.29, 0.717) is 29.6 Å². The molecule has 3 nitrogen and oxygen atoms in total. The van der Waals surface area contributed by atoms with Gasteiger partial charge in [0.25, 0.3) is 5.91 Å². The van der Waals surface area contributed by atoms with Crippen LogP contribution in [0.1, 0.15) is 43.0 Å². The van der Waals surface area contributed by atoms with Gasteiger partial charge in [-0.15, -0.1) is 0 Å². The Kier molecular flexibility index (Phi) is 6.08. The minimum absolute atomic E-state index is 0.0696. The third kappa shape index (κ3) is 3.79. The minimum Gasteiger partial charge on any atom is -0.336 e. The maximum Gasteiger partial charge on any atom is 0.254 e. The summed E-state index contributed by atoms with van der Waals surface area (Å²) in [5, 5.41) is 0.618. The zero-order valence-corrected chi connectivity index (χ0v) is 14.7. The summed E-state index contributed by atoms with van der Waals surface area (Å²) in [5.74, 6) is 0.485. The van der Waals surface area contributed by atoms with Crippen molar-refractivity contribution in [1.82, 2.24) is 4.90 Å². The first-order chi connectivity index (χ1) is 10.1. The Balaban J connectivity index is 2.22. The minimum atomic E-state index is 0.0696. The summed E-state index contributed by atoms with van der Waals surface area (Å²) >= 11 is 9.39. The molecule has 0 spiro atoms. The lowest BCUT2D eigenvalue weighted by molar-refractivity contribution is 0.0560. The van der Waals surface area contributed by atoms with Crippen molar-refractivity contribution in [2.45, 2.75) is 38.6 Å². The second-order valence-corrected chi connectivity index (χ2v) is 6.83. The number of rotatable bonds is 4. The van der Waals surface area contributed by atoms with E-state index in [2.05, 4.69) is 15.9 Å². The third-order valence-corrected chi connectivity index (χ3v) is 5.55. The Hall–Kier alpha value is -0.580. The summed E-state index contributed by atoms with van der Waals surface area (Å²) in [5.41, 5.74) is 6.58. The quantitative estimate of drug-likeness (QED) is 0.864. The molecule has 0 bridgehead atoms. The highest BCUT2D eigenvalue weighted by molar-refractivity contribution is 9.10. The first-order valence-corrected chi connectivity index (χ1v) is 8.71. The predicted octanol–water partition coefficient (Wildman–Crippen LogP) is 4.08. The van der Waals surface area contributed by atoms with Crippen molar-refractivity contribution in [3.8, 4) is 0 Å². The van der Waals surface area contributed by atoms with Crippen LogP contribution in [0.2, 0.25) is 5.02 Å². The van der Waals surface area contributed by atoms with Gasteiger partial charge in [-0.2, -0.15) is 0 Å². The molecule has 1 fully saturated rings. The number of hydrogen-bond donors (Lipinski definition) is 1. The molecule has 1 aromatic rings. The van der Waals surface area contributed by atoms with Gasteiger partial charge >= 0.3 is 0 Å². The maximum absolute atomic E-state index is 12.8. The molecule has 21 heavy (non-hydrogen) atoms. The number of nitrogens with zero attached hydrogens (tertiary/aromatic N) is 1. The average Bonchev–Trinajstić information content (AvgIpc) is 2.51. The van der Waals surface area contributed by atoms with E-state index in [1.165, 1.54) is 12.8 Å². The third-order valence-electron chi connectivity index (χ3n) is 4.34. The van der Waals surface area contributed by atoms with Crippen LogP contribution in [0.3, 0.4) is 0 Å². The highest BCUT2D eigenvalue weighted by Gasteiger charge is 2.31. The number of hydrogen-bond acceptors (Lipinski definition) is 2. The highest BCUT2D eigenvalue weighted by atomic mass is 79.9. The van der Waals surface area contributed by atoms with Gasteiger partial charge in [0.1, 0.15) is 0 Å². The fourth-order valence-electron chi connectivity index (χ4n) is 3.20. The second-order valence-electron chi connectivity index (χ2n) is 5.57. The van der Waals surface area contributed by atoms with Crippen molar-refractivity contribution in [3.63, 3.8) is 0 Å². The van der Waals surface area contributed by atoms with E-state index in [9.17, 15) is 4.79 Å². The van der Waals surface area contributed by atoms with E-state index in [-0.39, 0.29) is 11.9 Å². The van der Waals surface area contributed by atoms with Gasteiger partial charge in [0, 0.05) is 22.6 Å². The van der Waals surface area contributed by atoms with Crippen LogP contribution in [-0.4, -0.2) is 29.9 Å². The number of benzene rings is 1. The van der Waals surface area contributed by atoms with Crippen molar-refractivity contribution in [1.29, 1.82) is 0 Å². The summed E-state index contributed by atoms with van der Waals surface area (Å²) in [4.78, 5) is 14.8. The van der Waals surface area contributed by atoms with Gasteiger partial charge in [0.15, 0.2) is 0 Å². The zero-order valence-electron chi connectivity index (χ0n) is 12.3. The molecule has 5 heteroatoms. The van der Waals surface area contributed by atoms with E-state index in [1.54, 1.807) is 18.2 Å². The molecular formula is C16H22BrClN2O. The van der Waals surface area contributed by atoms with E-state index in [1.807, 2.05) is 11.8 Å². The first kappa shape index (κ1) is 16.8. The Morgan fingerprint density at radius 3 is 2.76 bits per heavy atom. The molecule has 1 aromatic carbocycles. The van der Waals surface area contributed by atoms with Crippen LogP contribution in [0, 0.1) is 5.92 Å². The Morgan fingerprint density at radius 2 is 2.14 bits per heavy atom. The fourth-order valence-corrected chi connectivity index (χ4v) is 3.69. The van der Waals surface area contributed by atoms with Gasteiger partial charge in [0.2, 0.25) is 0 Å². The lowest BCUT2D eigenvalue weighted by Gasteiger charge is -2.39. The summed E-state index contributed by atoms with van der Waals surface area (Å²) < 4.78 is 0.755. The normalized spacial score (nSPS) is 22.1. The maximum atomic E-state index is 12.8. The largest absolute Gasteiger partial charge is 0.336 e. The smallest absolute Gasteiger partial charge is 0.254 e. The molecular weight excluding hydrogens is 352 g/mol. The van der Waals surface area contributed by atoms with Crippen molar-refractivity contribution >= 4 is 33.4 Å². The molecule has 2 N–H and O–H groups in total. The number of nitrogens with two attached hydrogens (primary N) is 1. The number of carbonyl (C=O) groups excluding carboxylic acids is 1. The van der Waals surface area contributed by atoms with Crippen molar-refractivity contribution in [3.05, 3.63) is 33.3 Å². The second kappa shape index (κ2) is 7.61. The molecule has 1 amide bonds. The van der Waals surface area contributed by atoms with Crippen LogP contribution in [0.5, 0.6) is 0 Å². The highest BCUT2D eigenvalue weighted by Crippen LogP contribution is 2.30. The molecule has 2 rings (SSSR count). The summed E-state index contributed by atoms with van der Waals surface area (Å²) in [7, 11) is 0. The van der Waals surface area contributed by atoms with Gasteiger partial charge in [-0.05, 0) is 66.4 Å². The molecule has 0 saturated heterocycles. The van der Waals surface area contributed by atoms with Crippen LogP contribution in [0.4, 0.5) is 0 Å². The monoisotopic (exact) mass is 372 g/mol. The Morgan fingerprint density at radius 1 is 1.43 bits per heavy atom. The van der Waals surface area contributed by atoms with E-state index in [4.69, 9.17) is 17.3 Å². The number of amides is 1. The van der Waals surface area contributed by atoms with Gasteiger partial charge in [-0.25, -0.2) is 0 Å². The molecule has 0 heterocycles. The topological polar surface area (TPSA) is 46.3 Å². The molecule has 116 valence electrons. The molecule has 0 aromatic heterocycles. The molecule has 1 saturated carbocycles. The molecule has 2 atom stereocenters. The van der Waals surface area contributed by atoms with Gasteiger partial charge in [0.05, 0.1) is 5.02 Å². The lowest BCUT2D eigenvalue weighted by Crippen LogP contribution is -2.48. The summed E-state index contributed by atoms with van der Waals surface area (Å²) in [6.07, 6.45) is 4.57. The van der Waals surface area contributed by atoms with E-state index >= 15 is 0 Å². The predicted molar refractivity (Wildman–Crippen MR) is 90.7 cm³/mol. The van der Waals surface area contributed by atoms with Crippen LogP contribution in [0.15, 0.2) is 22.7 Å². The molecule has 2 unspecified atom stereocenters. The van der Waals surface area contributed by atoms with Crippen LogP contribution in [-0.2, 0) is 0 Å². The van der Waals surface area contributed by atoms with Gasteiger partial charge < -0.3 is 10.6 Å². The van der Waals surface area contributed by atoms with Crippen molar-refractivity contribution in [2.24, 2.45) is 11.7 Å². The van der Waals surface area contributed by atoms with Crippen LogP contribution < -0.4 is 5.73 Å². The zero-order chi connectivity index (χ0) is 15.4. The molecule has 0 radical (unpaired) electrons. The first-order valence-electron chi connectivity index (χ1n) is 7.54. The van der Waals surface area contributed by atoms with Crippen molar-refractivity contribution in [2.75, 3.05) is 13.1 Å². The van der Waals surface area contributed by atoms with E-state index < -0.39 is 0 Å². The van der Waals surface area contributed by atoms with Crippen LogP contribution in [0.25, 0.3) is 0 Å². The SMILES string of the molecule is CCN(C(=O)c1ccc(Cl)c(Br)c1)C1CCCCC1CN. The average molecular weight is 374 g/mol. The van der Waals surface area contributed by atoms with E-state index in [0.717, 1.165) is 17.3 Å². The standard InChI is InChI=1S/C16H22BrClN2O/c1-2-20(15-6-4-3-5-12(15)10-19)16(21)11-7-8-14(18)13(17)9-11/h7-9,12,15H,2-6,10,19H2,1H3. The van der Waals surface area contributed by atoms with Crippen molar-refractivity contribution < 1.29 is 4.79 Å². The summed E-state index contributed by atoms with van der Waals surface area (Å²) in [6.45, 7) is 3.39. The van der Waals surface area contributed by atoms with Gasteiger partial charge in [-0.1, -0.05) is 24.4 Å². The number of carbonyl (C=O) groups is 1. The molecule has 0 aliphatic heterocycles. The van der Waals surface area contributed by atoms with Crippen LogP contribution >= 0.6 is 27.5 Å². The Bertz CT molecular complexity index is 509. The number of halogens is 2.